The molecule has 5 nitrogen and oxygen atoms in total. The number of hydrogen-bond donors (Lipinski definition) is 2. The van der Waals surface area contributed by atoms with Crippen LogP contribution in [0.4, 0.5) is 0 Å². The predicted octanol–water partition coefficient (Wildman–Crippen LogP) is 1.55. The predicted molar refractivity (Wildman–Crippen MR) is 74.6 cm³/mol. The van der Waals surface area contributed by atoms with Gasteiger partial charge in [0.1, 0.15) is 7.05 Å². The Labute approximate surface area is 118 Å². The summed E-state index contributed by atoms with van der Waals surface area (Å²) in [5, 5.41) is 0. The summed E-state index contributed by atoms with van der Waals surface area (Å²) in [7, 11) is -2.18. The van der Waals surface area contributed by atoms with E-state index in [1.54, 1.807) is 23.9 Å². The molecular formula is C14H19N2O3P+2. The fraction of sp³-hybridized carbons (Fsp3) is 0.286. The lowest BCUT2D eigenvalue weighted by Gasteiger charge is -2.11. The SMILES string of the molecule is CCC([n+]1ccc(-c2cc[n+](C)cc2)cc1)P(=O)(O)O. The molecule has 20 heavy (non-hydrogen) atoms. The van der Waals surface area contributed by atoms with Gasteiger partial charge < -0.3 is 9.79 Å². The van der Waals surface area contributed by atoms with Crippen LogP contribution in [0.2, 0.25) is 0 Å². The number of nitrogens with zero attached hydrogens (tertiary/aromatic N) is 2. The molecule has 2 N–H and O–H groups in total. The van der Waals surface area contributed by atoms with Crippen LogP contribution in [0.1, 0.15) is 19.1 Å². The van der Waals surface area contributed by atoms with E-state index >= 15 is 0 Å². The molecule has 0 saturated heterocycles. The molecule has 0 radical (unpaired) electrons. The highest BCUT2D eigenvalue weighted by Gasteiger charge is 2.35. The number of aromatic nitrogens is 2. The van der Waals surface area contributed by atoms with Gasteiger partial charge in [-0.1, -0.05) is 6.92 Å². The zero-order valence-electron chi connectivity index (χ0n) is 11.5. The van der Waals surface area contributed by atoms with E-state index in [9.17, 15) is 14.4 Å². The van der Waals surface area contributed by atoms with Crippen molar-refractivity contribution in [2.45, 2.75) is 19.1 Å². The molecular weight excluding hydrogens is 275 g/mol. The molecule has 106 valence electrons. The number of pyridine rings is 2. The maximum absolute atomic E-state index is 11.4. The first kappa shape index (κ1) is 14.9. The van der Waals surface area contributed by atoms with Crippen LogP contribution in [0.15, 0.2) is 49.1 Å². The second-order valence-corrected chi connectivity index (χ2v) is 6.54. The Bertz CT molecular complexity index is 620. The normalized spacial score (nSPS) is 13.2. The summed E-state index contributed by atoms with van der Waals surface area (Å²) in [5.74, 6) is -0.801. The van der Waals surface area contributed by atoms with Gasteiger partial charge >= 0.3 is 7.60 Å². The Morgan fingerprint density at radius 3 is 1.90 bits per heavy atom. The smallest absolute Gasteiger partial charge is 0.320 e. The van der Waals surface area contributed by atoms with E-state index in [0.29, 0.717) is 6.42 Å². The Kier molecular flexibility index (Phi) is 4.33. The Balaban J connectivity index is 2.30. The van der Waals surface area contributed by atoms with Crippen molar-refractivity contribution in [3.05, 3.63) is 49.1 Å². The first-order valence-electron chi connectivity index (χ1n) is 6.43. The van der Waals surface area contributed by atoms with Gasteiger partial charge in [-0.15, -0.1) is 0 Å². The van der Waals surface area contributed by atoms with E-state index in [4.69, 9.17) is 0 Å². The molecule has 0 spiro atoms. The van der Waals surface area contributed by atoms with Crippen molar-refractivity contribution >= 4 is 7.60 Å². The van der Waals surface area contributed by atoms with E-state index in [-0.39, 0.29) is 0 Å². The second kappa shape index (κ2) is 5.83. The minimum atomic E-state index is -4.13. The lowest BCUT2D eigenvalue weighted by atomic mass is 10.1. The van der Waals surface area contributed by atoms with E-state index in [0.717, 1.165) is 11.1 Å². The number of hydrogen-bond acceptors (Lipinski definition) is 1. The average molecular weight is 294 g/mol. The molecule has 0 aliphatic heterocycles. The van der Waals surface area contributed by atoms with Crippen molar-refractivity contribution < 1.29 is 23.5 Å². The first-order chi connectivity index (χ1) is 9.41. The van der Waals surface area contributed by atoms with Gasteiger partial charge in [-0.05, 0) is 11.1 Å². The molecule has 0 fully saturated rings. The summed E-state index contributed by atoms with van der Waals surface area (Å²) in [6.45, 7) is 1.77. The van der Waals surface area contributed by atoms with Crippen LogP contribution in [0, 0.1) is 0 Å². The molecule has 0 aliphatic rings. The highest BCUT2D eigenvalue weighted by atomic mass is 31.2. The van der Waals surface area contributed by atoms with Gasteiger partial charge in [0.05, 0.1) is 0 Å². The summed E-state index contributed by atoms with van der Waals surface area (Å²) in [4.78, 5) is 18.7. The summed E-state index contributed by atoms with van der Waals surface area (Å²) >= 11 is 0. The van der Waals surface area contributed by atoms with Crippen LogP contribution in [-0.2, 0) is 11.6 Å². The van der Waals surface area contributed by atoms with Crippen molar-refractivity contribution in [2.24, 2.45) is 7.05 Å². The quantitative estimate of drug-likeness (QED) is 0.664. The third-order valence-electron chi connectivity index (χ3n) is 3.26. The minimum Gasteiger partial charge on any atom is -0.320 e. The van der Waals surface area contributed by atoms with E-state index < -0.39 is 13.4 Å². The molecule has 0 bridgehead atoms. The highest BCUT2D eigenvalue weighted by molar-refractivity contribution is 7.51. The van der Waals surface area contributed by atoms with E-state index in [1.807, 2.05) is 48.3 Å². The van der Waals surface area contributed by atoms with Crippen LogP contribution in [0.5, 0.6) is 0 Å². The van der Waals surface area contributed by atoms with Crippen LogP contribution in [0.3, 0.4) is 0 Å². The van der Waals surface area contributed by atoms with Crippen molar-refractivity contribution in [1.82, 2.24) is 0 Å². The van der Waals surface area contributed by atoms with Gasteiger partial charge in [0.15, 0.2) is 24.8 Å². The van der Waals surface area contributed by atoms with Crippen LogP contribution in [0.25, 0.3) is 11.1 Å². The first-order valence-corrected chi connectivity index (χ1v) is 8.11. The molecule has 0 aromatic carbocycles. The monoisotopic (exact) mass is 294 g/mol. The third kappa shape index (κ3) is 3.31. The summed E-state index contributed by atoms with van der Waals surface area (Å²) < 4.78 is 15.0. The van der Waals surface area contributed by atoms with E-state index in [1.165, 1.54) is 0 Å². The molecule has 1 atom stereocenters. The summed E-state index contributed by atoms with van der Waals surface area (Å²) in [6, 6.07) is 7.74. The molecule has 0 aliphatic carbocycles. The summed E-state index contributed by atoms with van der Waals surface area (Å²) in [6.07, 6.45) is 7.74. The largest absolute Gasteiger partial charge is 0.393 e. The maximum atomic E-state index is 11.4. The zero-order valence-corrected chi connectivity index (χ0v) is 12.4. The lowest BCUT2D eigenvalue weighted by molar-refractivity contribution is -0.704. The Morgan fingerprint density at radius 2 is 1.50 bits per heavy atom. The number of rotatable bonds is 4. The second-order valence-electron chi connectivity index (χ2n) is 4.76. The van der Waals surface area contributed by atoms with Gasteiger partial charge in [-0.3, -0.25) is 4.57 Å². The summed E-state index contributed by atoms with van der Waals surface area (Å²) in [5.41, 5.74) is 2.09. The zero-order chi connectivity index (χ0) is 14.8. The van der Waals surface area contributed by atoms with Gasteiger partial charge in [0.2, 0.25) is 0 Å². The molecule has 2 aromatic rings. The Morgan fingerprint density at radius 1 is 1.05 bits per heavy atom. The van der Waals surface area contributed by atoms with Crippen LogP contribution >= 0.6 is 7.60 Å². The third-order valence-corrected chi connectivity index (χ3v) is 4.67. The van der Waals surface area contributed by atoms with Gasteiger partial charge in [0, 0.05) is 30.7 Å². The molecule has 2 aromatic heterocycles. The van der Waals surface area contributed by atoms with Gasteiger partial charge in [-0.2, -0.15) is 4.57 Å². The van der Waals surface area contributed by atoms with Crippen molar-refractivity contribution in [1.29, 1.82) is 0 Å². The van der Waals surface area contributed by atoms with Crippen molar-refractivity contribution in [2.75, 3.05) is 0 Å². The molecule has 1 unspecified atom stereocenters. The van der Waals surface area contributed by atoms with Gasteiger partial charge in [-0.25, -0.2) is 4.57 Å². The highest BCUT2D eigenvalue weighted by Crippen LogP contribution is 2.47. The molecule has 0 saturated carbocycles. The molecule has 0 amide bonds. The molecule has 6 heteroatoms. The van der Waals surface area contributed by atoms with Gasteiger partial charge in [0.25, 0.3) is 5.78 Å². The minimum absolute atomic E-state index is 0.384. The fourth-order valence-electron chi connectivity index (χ4n) is 2.14. The molecule has 2 rings (SSSR count). The maximum Gasteiger partial charge on any atom is 0.393 e. The van der Waals surface area contributed by atoms with E-state index in [2.05, 4.69) is 0 Å². The van der Waals surface area contributed by atoms with Crippen molar-refractivity contribution in [3.8, 4) is 11.1 Å². The van der Waals surface area contributed by atoms with Crippen LogP contribution in [-0.4, -0.2) is 9.79 Å². The molecule has 2 heterocycles. The topological polar surface area (TPSA) is 65.3 Å². The van der Waals surface area contributed by atoms with Crippen LogP contribution < -0.4 is 9.13 Å². The lowest BCUT2D eigenvalue weighted by Crippen LogP contribution is -2.38. The van der Waals surface area contributed by atoms with Crippen molar-refractivity contribution in [3.63, 3.8) is 0 Å². The number of aryl methyl sites for hydroxylation is 1. The average Bonchev–Trinajstić information content (AvgIpc) is 2.40. The standard InChI is InChI=1S/C14H17N2O3P/c1-3-14(20(17,18)19)16-10-6-13(7-11-16)12-4-8-15(2)9-5-12/h4-11,14H,3H2,1-2H3/p+2. The fourth-order valence-corrected chi connectivity index (χ4v) is 3.12. The Hall–Kier alpha value is -1.55.